The van der Waals surface area contributed by atoms with Gasteiger partial charge >= 0.3 is 170 Å². The summed E-state index contributed by atoms with van der Waals surface area (Å²) in [4.78, 5) is 14.9. The summed E-state index contributed by atoms with van der Waals surface area (Å²) >= 11 is 2.82. The number of hydrogen-bond acceptors (Lipinski definition) is 4. The van der Waals surface area contributed by atoms with Crippen LogP contribution < -0.4 is 0 Å². The van der Waals surface area contributed by atoms with Gasteiger partial charge in [0.25, 0.3) is 0 Å². The standard InChI is InChI=1S/C21H29NO4Se/c1-5-9-15(4)18(23)19(25-12-16-10-7-6-8-11-16)20(24)22-17(14(2)3)13-26-21(22)27/h6-11,14,17-19,23H,5,12-13H2,1-4H3/b15-9+/t17-,18+,19-/m1/s1. The molecular weight excluding hydrogens is 409 g/mol. The van der Waals surface area contributed by atoms with Crippen molar-refractivity contribution in [2.75, 3.05) is 6.61 Å². The minimum atomic E-state index is -1.01. The van der Waals surface area contributed by atoms with E-state index in [1.165, 1.54) is 0 Å². The maximum atomic E-state index is 13.3. The van der Waals surface area contributed by atoms with Crippen molar-refractivity contribution in [1.82, 2.24) is 4.90 Å². The molecule has 1 aromatic carbocycles. The van der Waals surface area contributed by atoms with Crippen LogP contribution in [0.3, 0.4) is 0 Å². The molecule has 3 atom stereocenters. The van der Waals surface area contributed by atoms with Crippen molar-refractivity contribution < 1.29 is 19.4 Å². The summed E-state index contributed by atoms with van der Waals surface area (Å²) in [5.74, 6) is -0.0637. The van der Waals surface area contributed by atoms with E-state index in [2.05, 4.69) is 15.6 Å². The number of benzene rings is 1. The number of amides is 1. The molecule has 0 radical (unpaired) electrons. The summed E-state index contributed by atoms with van der Waals surface area (Å²) in [6.07, 6.45) is 0.685. The van der Waals surface area contributed by atoms with Crippen molar-refractivity contribution in [3.8, 4) is 0 Å². The zero-order valence-electron chi connectivity index (χ0n) is 16.4. The van der Waals surface area contributed by atoms with E-state index >= 15 is 0 Å². The second-order valence-electron chi connectivity index (χ2n) is 7.11. The summed E-state index contributed by atoms with van der Waals surface area (Å²) in [5, 5.41) is 10.8. The van der Waals surface area contributed by atoms with E-state index in [1.807, 2.05) is 64.1 Å². The van der Waals surface area contributed by atoms with Gasteiger partial charge in [-0.1, -0.05) is 0 Å². The quantitative estimate of drug-likeness (QED) is 0.501. The Morgan fingerprint density at radius 2 is 2.07 bits per heavy atom. The van der Waals surface area contributed by atoms with E-state index in [0.29, 0.717) is 11.3 Å². The molecule has 1 aliphatic rings. The zero-order chi connectivity index (χ0) is 20.0. The van der Waals surface area contributed by atoms with Crippen molar-refractivity contribution >= 4 is 26.2 Å². The molecule has 0 saturated carbocycles. The molecule has 1 saturated heterocycles. The van der Waals surface area contributed by atoms with Crippen LogP contribution in [0.2, 0.25) is 0 Å². The average Bonchev–Trinajstić information content (AvgIpc) is 3.04. The molecule has 5 nitrogen and oxygen atoms in total. The van der Waals surface area contributed by atoms with Crippen LogP contribution >= 0.6 is 0 Å². The number of ether oxygens (including phenoxy) is 2. The van der Waals surface area contributed by atoms with Crippen LogP contribution in [-0.2, 0) is 20.9 Å². The first-order valence-corrected chi connectivity index (χ1v) is 10.2. The molecule has 6 heteroatoms. The fourth-order valence-corrected chi connectivity index (χ4v) is 3.67. The average molecular weight is 438 g/mol. The summed E-state index contributed by atoms with van der Waals surface area (Å²) < 4.78 is 12.0. The number of aliphatic hydroxyl groups is 1. The van der Waals surface area contributed by atoms with Gasteiger partial charge in [-0.3, -0.25) is 0 Å². The molecule has 1 amide bonds. The number of nitrogens with zero attached hydrogens (tertiary/aromatic N) is 1. The Balaban J connectivity index is 2.25. The Bertz CT molecular complexity index is 674. The first kappa shape index (κ1) is 21.8. The number of carbonyl (C=O) groups is 1. The predicted molar refractivity (Wildman–Crippen MR) is 107 cm³/mol. The van der Waals surface area contributed by atoms with E-state index in [9.17, 15) is 9.90 Å². The van der Waals surface area contributed by atoms with Crippen LogP contribution in [0.4, 0.5) is 0 Å². The molecule has 1 aromatic rings. The molecule has 1 heterocycles. The fourth-order valence-electron chi connectivity index (χ4n) is 3.06. The number of aliphatic hydroxyl groups excluding tert-OH is 1. The van der Waals surface area contributed by atoms with Gasteiger partial charge in [0.15, 0.2) is 0 Å². The molecule has 148 valence electrons. The van der Waals surface area contributed by atoms with Crippen molar-refractivity contribution in [3.05, 3.63) is 47.5 Å². The normalized spacial score (nSPS) is 19.9. The van der Waals surface area contributed by atoms with Gasteiger partial charge in [-0.15, -0.1) is 0 Å². The second kappa shape index (κ2) is 10.2. The first-order chi connectivity index (χ1) is 12.9. The molecule has 0 bridgehead atoms. The van der Waals surface area contributed by atoms with Crippen LogP contribution in [0.25, 0.3) is 0 Å². The Hall–Kier alpha value is -1.46. The van der Waals surface area contributed by atoms with Crippen molar-refractivity contribution in [3.63, 3.8) is 0 Å². The fraction of sp³-hybridized carbons (Fsp3) is 0.524. The summed E-state index contributed by atoms with van der Waals surface area (Å²) in [6.45, 7) is 8.60. The summed E-state index contributed by atoms with van der Waals surface area (Å²) in [7, 11) is 0. The molecule has 1 fully saturated rings. The van der Waals surface area contributed by atoms with Crippen molar-refractivity contribution in [2.24, 2.45) is 5.92 Å². The van der Waals surface area contributed by atoms with Gasteiger partial charge in [0.1, 0.15) is 0 Å². The van der Waals surface area contributed by atoms with Crippen LogP contribution in [0.15, 0.2) is 42.0 Å². The Labute approximate surface area is 169 Å². The number of allylic oxidation sites excluding steroid dienone is 1. The van der Waals surface area contributed by atoms with Gasteiger partial charge in [-0.2, -0.15) is 0 Å². The first-order valence-electron chi connectivity index (χ1n) is 9.36. The van der Waals surface area contributed by atoms with Crippen LogP contribution in [0, 0.1) is 5.92 Å². The summed E-state index contributed by atoms with van der Waals surface area (Å²) in [6, 6.07) is 9.55. The molecule has 1 aliphatic heterocycles. The molecular formula is C21H29NO4Se. The monoisotopic (exact) mass is 439 g/mol. The number of carbonyl (C=O) groups excluding carboxylic acids is 1. The van der Waals surface area contributed by atoms with Gasteiger partial charge in [0, 0.05) is 0 Å². The van der Waals surface area contributed by atoms with E-state index in [0.717, 1.165) is 17.6 Å². The SMILES string of the molecule is CC/C=C(\C)[C@H](O)[C@@H](OCc1ccccc1)C(=O)N1C(=[Se])OC[C@@H]1C(C)C. The molecule has 2 rings (SSSR count). The third kappa shape index (κ3) is 5.52. The molecule has 27 heavy (non-hydrogen) atoms. The van der Waals surface area contributed by atoms with Crippen LogP contribution in [0.1, 0.15) is 39.7 Å². The van der Waals surface area contributed by atoms with Crippen molar-refractivity contribution in [2.45, 2.75) is 59.0 Å². The Morgan fingerprint density at radius 1 is 1.41 bits per heavy atom. The Kier molecular flexibility index (Phi) is 8.24. The van der Waals surface area contributed by atoms with E-state index < -0.39 is 12.2 Å². The van der Waals surface area contributed by atoms with E-state index in [1.54, 1.807) is 4.90 Å². The van der Waals surface area contributed by atoms with Gasteiger partial charge in [-0.25, -0.2) is 0 Å². The molecule has 0 unspecified atom stereocenters. The third-order valence-corrected chi connectivity index (χ3v) is 5.37. The molecule has 0 aliphatic carbocycles. The van der Waals surface area contributed by atoms with Gasteiger partial charge in [0.2, 0.25) is 0 Å². The van der Waals surface area contributed by atoms with Crippen LogP contribution in [0.5, 0.6) is 0 Å². The summed E-state index contributed by atoms with van der Waals surface area (Å²) in [5.41, 5.74) is 1.68. The predicted octanol–water partition coefficient (Wildman–Crippen LogP) is 2.43. The molecule has 0 aromatic heterocycles. The van der Waals surface area contributed by atoms with Gasteiger partial charge in [-0.05, 0) is 0 Å². The van der Waals surface area contributed by atoms with Crippen LogP contribution in [-0.4, -0.2) is 61.1 Å². The zero-order valence-corrected chi connectivity index (χ0v) is 18.1. The van der Waals surface area contributed by atoms with Gasteiger partial charge in [0.05, 0.1) is 0 Å². The minimum absolute atomic E-state index is 0.0840. The van der Waals surface area contributed by atoms with E-state index in [4.69, 9.17) is 9.47 Å². The third-order valence-electron chi connectivity index (χ3n) is 4.71. The van der Waals surface area contributed by atoms with Crippen molar-refractivity contribution in [1.29, 1.82) is 0 Å². The second-order valence-corrected chi connectivity index (χ2v) is 7.85. The van der Waals surface area contributed by atoms with E-state index in [-0.39, 0.29) is 24.5 Å². The maximum absolute atomic E-state index is 13.3. The Morgan fingerprint density at radius 3 is 2.67 bits per heavy atom. The molecule has 0 spiro atoms. The van der Waals surface area contributed by atoms with Gasteiger partial charge < -0.3 is 0 Å². The number of hydrogen-bond donors (Lipinski definition) is 1. The topological polar surface area (TPSA) is 59.0 Å². The molecule has 1 N–H and O–H groups in total. The number of rotatable bonds is 8.